The van der Waals surface area contributed by atoms with Crippen molar-refractivity contribution in [1.82, 2.24) is 9.80 Å². The molecule has 3 aromatic carbocycles. The van der Waals surface area contributed by atoms with Crippen LogP contribution < -0.4 is 0 Å². The second-order valence-corrected chi connectivity index (χ2v) is 8.48. The number of aryl methyl sites for hydroxylation is 1. The molecule has 1 atom stereocenters. The zero-order valence-electron chi connectivity index (χ0n) is 16.6. The first-order chi connectivity index (χ1) is 14.1. The van der Waals surface area contributed by atoms with Crippen LogP contribution in [0.1, 0.15) is 33.1 Å². The van der Waals surface area contributed by atoms with Gasteiger partial charge in [0.2, 0.25) is 0 Å². The van der Waals surface area contributed by atoms with E-state index in [2.05, 4.69) is 75.4 Å². The molecule has 4 rings (SSSR count). The summed E-state index contributed by atoms with van der Waals surface area (Å²) in [6, 6.07) is 27.3. The van der Waals surface area contributed by atoms with Crippen molar-refractivity contribution in [2.45, 2.75) is 13.0 Å². The molecule has 0 spiro atoms. The molecule has 3 aromatic rings. The van der Waals surface area contributed by atoms with E-state index in [1.54, 1.807) is 0 Å². The summed E-state index contributed by atoms with van der Waals surface area (Å²) in [4.78, 5) is 17.4. The van der Waals surface area contributed by atoms with Crippen LogP contribution in [0.5, 0.6) is 0 Å². The summed E-state index contributed by atoms with van der Waals surface area (Å²) in [6.07, 6.45) is 0. The van der Waals surface area contributed by atoms with Crippen molar-refractivity contribution in [3.05, 3.63) is 106 Å². The van der Waals surface area contributed by atoms with Gasteiger partial charge in [0.25, 0.3) is 5.91 Å². The summed E-state index contributed by atoms with van der Waals surface area (Å²) in [5, 5.41) is 0. The maximum absolute atomic E-state index is 12.9. The smallest absolute Gasteiger partial charge is 0.253 e. The molecule has 1 aliphatic heterocycles. The molecule has 0 aromatic heterocycles. The van der Waals surface area contributed by atoms with Crippen LogP contribution in [0.3, 0.4) is 0 Å². The van der Waals surface area contributed by atoms with Gasteiger partial charge in [0.1, 0.15) is 0 Å². The van der Waals surface area contributed by atoms with Crippen LogP contribution in [0.25, 0.3) is 0 Å². The Morgan fingerprint density at radius 1 is 0.828 bits per heavy atom. The Kier molecular flexibility index (Phi) is 6.12. The average Bonchev–Trinajstić information content (AvgIpc) is 2.76. The fraction of sp³-hybridized carbons (Fsp3) is 0.240. The average molecular weight is 449 g/mol. The van der Waals surface area contributed by atoms with Crippen LogP contribution in [-0.4, -0.2) is 41.9 Å². The van der Waals surface area contributed by atoms with Gasteiger partial charge < -0.3 is 4.90 Å². The molecule has 1 heterocycles. The SMILES string of the molecule is Cc1cccc(C(=O)N2CCN(C(c3ccccc3)c3ccc(Br)cc3)CC2)c1. The van der Waals surface area contributed by atoms with Crippen LogP contribution in [-0.2, 0) is 0 Å². The molecule has 0 aliphatic carbocycles. The lowest BCUT2D eigenvalue weighted by Gasteiger charge is -2.40. The number of amides is 1. The second kappa shape index (κ2) is 8.93. The number of carbonyl (C=O) groups excluding carboxylic acids is 1. The van der Waals surface area contributed by atoms with Crippen molar-refractivity contribution in [3.63, 3.8) is 0 Å². The molecule has 0 saturated carbocycles. The number of hydrogen-bond acceptors (Lipinski definition) is 2. The number of hydrogen-bond donors (Lipinski definition) is 0. The van der Waals surface area contributed by atoms with Gasteiger partial charge in [-0.3, -0.25) is 9.69 Å². The molecule has 0 N–H and O–H groups in total. The highest BCUT2D eigenvalue weighted by Crippen LogP contribution is 2.30. The molecule has 3 nitrogen and oxygen atoms in total. The molecule has 0 bridgehead atoms. The molecular formula is C25H25BrN2O. The third-order valence-corrected chi connectivity index (χ3v) is 6.06. The van der Waals surface area contributed by atoms with Gasteiger partial charge in [0.15, 0.2) is 0 Å². The lowest BCUT2D eigenvalue weighted by atomic mass is 9.96. The monoisotopic (exact) mass is 448 g/mol. The van der Waals surface area contributed by atoms with Gasteiger partial charge in [0, 0.05) is 36.2 Å². The van der Waals surface area contributed by atoms with Gasteiger partial charge in [0.05, 0.1) is 6.04 Å². The highest BCUT2D eigenvalue weighted by atomic mass is 79.9. The van der Waals surface area contributed by atoms with Gasteiger partial charge in [-0.05, 0) is 42.3 Å². The van der Waals surface area contributed by atoms with E-state index in [1.807, 2.05) is 36.1 Å². The van der Waals surface area contributed by atoms with E-state index in [4.69, 9.17) is 0 Å². The second-order valence-electron chi connectivity index (χ2n) is 7.56. The van der Waals surface area contributed by atoms with Gasteiger partial charge in [-0.15, -0.1) is 0 Å². The summed E-state index contributed by atoms with van der Waals surface area (Å²) >= 11 is 3.54. The Labute approximate surface area is 181 Å². The Morgan fingerprint density at radius 3 is 2.14 bits per heavy atom. The van der Waals surface area contributed by atoms with Crippen LogP contribution >= 0.6 is 15.9 Å². The molecular weight excluding hydrogens is 424 g/mol. The van der Waals surface area contributed by atoms with Gasteiger partial charge in [-0.1, -0.05) is 76.1 Å². The molecule has 0 radical (unpaired) electrons. The van der Waals surface area contributed by atoms with Crippen molar-refractivity contribution >= 4 is 21.8 Å². The van der Waals surface area contributed by atoms with Gasteiger partial charge in [-0.2, -0.15) is 0 Å². The predicted octanol–water partition coefficient (Wildman–Crippen LogP) is 5.30. The van der Waals surface area contributed by atoms with E-state index in [1.165, 1.54) is 11.1 Å². The van der Waals surface area contributed by atoms with Crippen molar-refractivity contribution in [2.75, 3.05) is 26.2 Å². The molecule has 1 aliphatic rings. The molecule has 1 saturated heterocycles. The van der Waals surface area contributed by atoms with E-state index >= 15 is 0 Å². The number of benzene rings is 3. The molecule has 1 amide bonds. The highest BCUT2D eigenvalue weighted by molar-refractivity contribution is 9.10. The summed E-state index contributed by atoms with van der Waals surface area (Å²) in [5.41, 5.74) is 4.46. The fourth-order valence-electron chi connectivity index (χ4n) is 4.04. The van der Waals surface area contributed by atoms with Crippen LogP contribution in [0, 0.1) is 6.92 Å². The number of halogens is 1. The van der Waals surface area contributed by atoms with Crippen molar-refractivity contribution in [3.8, 4) is 0 Å². The minimum Gasteiger partial charge on any atom is -0.336 e. The summed E-state index contributed by atoms with van der Waals surface area (Å²) in [6.45, 7) is 5.22. The van der Waals surface area contributed by atoms with Crippen LogP contribution in [0.4, 0.5) is 0 Å². The minimum absolute atomic E-state index is 0.133. The maximum Gasteiger partial charge on any atom is 0.253 e. The molecule has 1 fully saturated rings. The first-order valence-electron chi connectivity index (χ1n) is 10.0. The Balaban J connectivity index is 1.52. The van der Waals surface area contributed by atoms with E-state index < -0.39 is 0 Å². The standard InChI is InChI=1S/C25H25BrN2O/c1-19-6-5-9-22(18-19)25(29)28-16-14-27(15-17-28)24(20-7-3-2-4-8-20)21-10-12-23(26)13-11-21/h2-13,18,24H,14-17H2,1H3. The molecule has 4 heteroatoms. The van der Waals surface area contributed by atoms with E-state index in [0.29, 0.717) is 0 Å². The predicted molar refractivity (Wildman–Crippen MR) is 121 cm³/mol. The summed E-state index contributed by atoms with van der Waals surface area (Å²) in [5.74, 6) is 0.133. The van der Waals surface area contributed by atoms with Crippen LogP contribution in [0.15, 0.2) is 83.3 Å². The summed E-state index contributed by atoms with van der Waals surface area (Å²) in [7, 11) is 0. The minimum atomic E-state index is 0.133. The third kappa shape index (κ3) is 4.60. The largest absolute Gasteiger partial charge is 0.336 e. The zero-order valence-corrected chi connectivity index (χ0v) is 18.2. The van der Waals surface area contributed by atoms with Crippen LogP contribution in [0.2, 0.25) is 0 Å². The van der Waals surface area contributed by atoms with E-state index in [9.17, 15) is 4.79 Å². The Hall–Kier alpha value is -2.43. The first-order valence-corrected chi connectivity index (χ1v) is 10.8. The number of nitrogens with zero attached hydrogens (tertiary/aromatic N) is 2. The zero-order chi connectivity index (χ0) is 20.2. The third-order valence-electron chi connectivity index (χ3n) is 5.53. The molecule has 148 valence electrons. The number of rotatable bonds is 4. The van der Waals surface area contributed by atoms with Gasteiger partial charge >= 0.3 is 0 Å². The summed E-state index contributed by atoms with van der Waals surface area (Å²) < 4.78 is 1.08. The molecule has 29 heavy (non-hydrogen) atoms. The normalized spacial score (nSPS) is 15.9. The number of piperazine rings is 1. The van der Waals surface area contributed by atoms with E-state index in [-0.39, 0.29) is 11.9 Å². The maximum atomic E-state index is 12.9. The lowest BCUT2D eigenvalue weighted by molar-refractivity contribution is 0.0597. The van der Waals surface area contributed by atoms with Crippen molar-refractivity contribution < 1.29 is 4.79 Å². The quantitative estimate of drug-likeness (QED) is 0.540. The first kappa shape index (κ1) is 19.9. The fourth-order valence-corrected chi connectivity index (χ4v) is 4.30. The lowest BCUT2D eigenvalue weighted by Crippen LogP contribution is -2.49. The highest BCUT2D eigenvalue weighted by Gasteiger charge is 2.28. The number of carbonyl (C=O) groups is 1. The van der Waals surface area contributed by atoms with Crippen molar-refractivity contribution in [1.29, 1.82) is 0 Å². The van der Waals surface area contributed by atoms with Gasteiger partial charge in [-0.25, -0.2) is 0 Å². The van der Waals surface area contributed by atoms with E-state index in [0.717, 1.165) is 41.8 Å². The van der Waals surface area contributed by atoms with Crippen molar-refractivity contribution in [2.24, 2.45) is 0 Å². The molecule has 1 unspecified atom stereocenters. The Morgan fingerprint density at radius 2 is 1.48 bits per heavy atom. The topological polar surface area (TPSA) is 23.6 Å². The Bertz CT molecular complexity index is 964.